The number of hydrogen-bond donors (Lipinski definition) is 1. The molecule has 166 valence electrons. The number of hydrogen-bond acceptors (Lipinski definition) is 5. The van der Waals surface area contributed by atoms with E-state index < -0.39 is 0 Å². The molecule has 9 heteroatoms. The van der Waals surface area contributed by atoms with E-state index in [1.165, 1.54) is 31.0 Å². The molecule has 1 saturated carbocycles. The van der Waals surface area contributed by atoms with Gasteiger partial charge in [0.25, 0.3) is 5.91 Å². The molecule has 3 aromatic rings. The minimum Gasteiger partial charge on any atom is -0.299 e. The molecular weight excluding hydrogens is 510 g/mol. The fraction of sp³-hybridized carbons (Fsp3) is 0.304. The van der Waals surface area contributed by atoms with E-state index in [-0.39, 0.29) is 11.7 Å². The molecule has 0 unspecified atom stereocenters. The van der Waals surface area contributed by atoms with Gasteiger partial charge in [-0.05, 0) is 54.8 Å². The van der Waals surface area contributed by atoms with E-state index in [0.29, 0.717) is 11.1 Å². The summed E-state index contributed by atoms with van der Waals surface area (Å²) >= 11 is 10.8. The number of nitrogens with zero attached hydrogens (tertiary/aromatic N) is 4. The van der Waals surface area contributed by atoms with Crippen molar-refractivity contribution in [3.8, 4) is 11.4 Å². The van der Waals surface area contributed by atoms with E-state index in [0.717, 1.165) is 39.4 Å². The third-order valence-electron chi connectivity index (χ3n) is 5.31. The lowest BCUT2D eigenvalue weighted by atomic mass is 9.95. The van der Waals surface area contributed by atoms with E-state index in [4.69, 9.17) is 11.6 Å². The fourth-order valence-electron chi connectivity index (χ4n) is 3.73. The summed E-state index contributed by atoms with van der Waals surface area (Å²) in [6, 6.07) is 15.7. The van der Waals surface area contributed by atoms with Gasteiger partial charge in [-0.15, -0.1) is 10.2 Å². The number of benzene rings is 2. The van der Waals surface area contributed by atoms with E-state index in [1.807, 2.05) is 48.5 Å². The standard InChI is InChI=1S/C23H23BrClN5OS/c24-18-10-6-16(7-11-18)14-26-27-21(31)15-32-23-29-28-22(17-8-12-19(25)13-9-17)30(23)20-4-2-1-3-5-20/h6-14,20H,1-5,15H2,(H,27,31)/b26-14+. The van der Waals surface area contributed by atoms with Gasteiger partial charge in [0.05, 0.1) is 12.0 Å². The van der Waals surface area contributed by atoms with Crippen LogP contribution in [0.4, 0.5) is 0 Å². The normalized spacial score (nSPS) is 14.7. The van der Waals surface area contributed by atoms with Gasteiger partial charge in [0.1, 0.15) is 0 Å². The number of rotatable bonds is 7. The lowest BCUT2D eigenvalue weighted by molar-refractivity contribution is -0.118. The summed E-state index contributed by atoms with van der Waals surface area (Å²) < 4.78 is 3.20. The highest BCUT2D eigenvalue weighted by atomic mass is 79.9. The first-order valence-electron chi connectivity index (χ1n) is 10.5. The molecule has 0 aliphatic heterocycles. The molecule has 0 saturated heterocycles. The number of nitrogens with one attached hydrogen (secondary N) is 1. The Kier molecular flexibility index (Phi) is 8.00. The first kappa shape index (κ1) is 23.0. The predicted octanol–water partition coefficient (Wildman–Crippen LogP) is 6.11. The molecule has 4 rings (SSSR count). The summed E-state index contributed by atoms with van der Waals surface area (Å²) in [5, 5.41) is 14.4. The molecule has 6 nitrogen and oxygen atoms in total. The Balaban J connectivity index is 1.44. The second-order valence-electron chi connectivity index (χ2n) is 7.61. The monoisotopic (exact) mass is 531 g/mol. The Morgan fingerprint density at radius 2 is 1.84 bits per heavy atom. The van der Waals surface area contributed by atoms with Crippen LogP contribution in [-0.4, -0.2) is 32.6 Å². The molecule has 1 N–H and O–H groups in total. The van der Waals surface area contributed by atoms with Gasteiger partial charge in [0.2, 0.25) is 0 Å². The number of halogens is 2. The van der Waals surface area contributed by atoms with Crippen LogP contribution in [0.2, 0.25) is 5.02 Å². The molecular formula is C23H23BrClN5OS. The van der Waals surface area contributed by atoms with Crippen molar-refractivity contribution in [3.63, 3.8) is 0 Å². The van der Waals surface area contributed by atoms with Gasteiger partial charge in [-0.1, -0.05) is 70.7 Å². The second kappa shape index (κ2) is 11.1. The van der Waals surface area contributed by atoms with Crippen LogP contribution in [0, 0.1) is 0 Å². The summed E-state index contributed by atoms with van der Waals surface area (Å²) in [6.07, 6.45) is 7.45. The molecule has 0 radical (unpaired) electrons. The quantitative estimate of drug-likeness (QED) is 0.226. The smallest absolute Gasteiger partial charge is 0.250 e. The van der Waals surface area contributed by atoms with Crippen molar-refractivity contribution < 1.29 is 4.79 Å². The highest BCUT2D eigenvalue weighted by molar-refractivity contribution is 9.10. The van der Waals surface area contributed by atoms with E-state index in [2.05, 4.69) is 41.2 Å². The maximum Gasteiger partial charge on any atom is 0.250 e. The maximum absolute atomic E-state index is 12.3. The Hall–Kier alpha value is -2.16. The van der Waals surface area contributed by atoms with Crippen LogP contribution in [0.1, 0.15) is 43.7 Å². The third-order valence-corrected chi connectivity index (χ3v) is 7.04. The highest BCUT2D eigenvalue weighted by Gasteiger charge is 2.24. The summed E-state index contributed by atoms with van der Waals surface area (Å²) in [7, 11) is 0. The zero-order valence-corrected chi connectivity index (χ0v) is 20.5. The SMILES string of the molecule is O=C(CSc1nnc(-c2ccc(Cl)cc2)n1C1CCCCC1)N/N=C/c1ccc(Br)cc1. The van der Waals surface area contributed by atoms with Crippen LogP contribution in [-0.2, 0) is 4.79 Å². The topological polar surface area (TPSA) is 72.2 Å². The first-order chi connectivity index (χ1) is 15.6. The van der Waals surface area contributed by atoms with Crippen molar-refractivity contribution >= 4 is 51.4 Å². The molecule has 1 fully saturated rings. The Labute approximate surface area is 205 Å². The molecule has 0 atom stereocenters. The average molecular weight is 533 g/mol. The predicted molar refractivity (Wildman–Crippen MR) is 133 cm³/mol. The number of carbonyl (C=O) groups excluding carboxylic acids is 1. The average Bonchev–Trinajstić information content (AvgIpc) is 3.24. The fourth-order valence-corrected chi connectivity index (χ4v) is 4.92. The van der Waals surface area contributed by atoms with Crippen LogP contribution < -0.4 is 5.43 Å². The lowest BCUT2D eigenvalue weighted by Gasteiger charge is -2.25. The molecule has 1 aliphatic rings. The minimum atomic E-state index is -0.186. The van der Waals surface area contributed by atoms with Gasteiger partial charge < -0.3 is 0 Å². The summed E-state index contributed by atoms with van der Waals surface area (Å²) in [6.45, 7) is 0. The van der Waals surface area contributed by atoms with Crippen molar-refractivity contribution in [2.24, 2.45) is 5.10 Å². The molecule has 0 spiro atoms. The summed E-state index contributed by atoms with van der Waals surface area (Å²) in [4.78, 5) is 12.3. The van der Waals surface area contributed by atoms with Gasteiger partial charge in [-0.25, -0.2) is 5.43 Å². The zero-order chi connectivity index (χ0) is 22.3. The van der Waals surface area contributed by atoms with Crippen molar-refractivity contribution in [2.75, 3.05) is 5.75 Å². The first-order valence-corrected chi connectivity index (χ1v) is 12.7. The Bertz CT molecular complexity index is 1080. The van der Waals surface area contributed by atoms with Gasteiger partial charge in [0, 0.05) is 21.1 Å². The number of hydrazone groups is 1. The second-order valence-corrected chi connectivity index (χ2v) is 9.90. The molecule has 32 heavy (non-hydrogen) atoms. The van der Waals surface area contributed by atoms with Crippen LogP contribution >= 0.6 is 39.3 Å². The zero-order valence-electron chi connectivity index (χ0n) is 17.4. The van der Waals surface area contributed by atoms with E-state index in [9.17, 15) is 4.79 Å². The Morgan fingerprint density at radius 1 is 1.12 bits per heavy atom. The van der Waals surface area contributed by atoms with Gasteiger partial charge in [-0.2, -0.15) is 5.10 Å². The highest BCUT2D eigenvalue weighted by Crippen LogP contribution is 2.35. The van der Waals surface area contributed by atoms with Crippen molar-refractivity contribution in [1.29, 1.82) is 0 Å². The Morgan fingerprint density at radius 3 is 2.56 bits per heavy atom. The van der Waals surface area contributed by atoms with Crippen LogP contribution in [0.25, 0.3) is 11.4 Å². The largest absolute Gasteiger partial charge is 0.299 e. The maximum atomic E-state index is 12.3. The molecule has 1 amide bonds. The number of carbonyl (C=O) groups is 1. The van der Waals surface area contributed by atoms with Crippen LogP contribution in [0.15, 0.2) is 63.3 Å². The van der Waals surface area contributed by atoms with Gasteiger partial charge in [-0.3, -0.25) is 9.36 Å². The summed E-state index contributed by atoms with van der Waals surface area (Å²) in [5.41, 5.74) is 4.47. The van der Waals surface area contributed by atoms with Crippen molar-refractivity contribution in [1.82, 2.24) is 20.2 Å². The van der Waals surface area contributed by atoms with E-state index >= 15 is 0 Å². The molecule has 2 aromatic carbocycles. The number of aromatic nitrogens is 3. The van der Waals surface area contributed by atoms with Crippen molar-refractivity contribution in [2.45, 2.75) is 43.3 Å². The van der Waals surface area contributed by atoms with Gasteiger partial charge in [0.15, 0.2) is 11.0 Å². The van der Waals surface area contributed by atoms with Gasteiger partial charge >= 0.3 is 0 Å². The van der Waals surface area contributed by atoms with E-state index in [1.54, 1.807) is 6.21 Å². The molecule has 1 aromatic heterocycles. The minimum absolute atomic E-state index is 0.186. The third kappa shape index (κ3) is 5.99. The van der Waals surface area contributed by atoms with Crippen LogP contribution in [0.5, 0.6) is 0 Å². The number of amides is 1. The van der Waals surface area contributed by atoms with Crippen molar-refractivity contribution in [3.05, 3.63) is 63.6 Å². The summed E-state index contributed by atoms with van der Waals surface area (Å²) in [5.74, 6) is 0.850. The van der Waals surface area contributed by atoms with Crippen LogP contribution in [0.3, 0.4) is 0 Å². The number of thioether (sulfide) groups is 1. The molecule has 1 heterocycles. The molecule has 0 bridgehead atoms. The molecule has 1 aliphatic carbocycles. The lowest BCUT2D eigenvalue weighted by Crippen LogP contribution is -2.20.